The standard InChI is InChI=1S/C46H83NO7/c1-6-8-10-12-14-16-18-20-21-22-23-25-26-28-30-32-34-36-44(48)53-41-42(40-52-39-38-43(46(50)51)47(3,4)5)54-45(49)37-35-33-31-29-27-24-19-17-15-13-11-9-7-2/h20-21,23,25,28,30,42-43H,6-19,22,24,26-27,29,31-41H2,1-5H3/b21-20+,25-23+,30-28+. The molecule has 0 saturated carbocycles. The summed E-state index contributed by atoms with van der Waals surface area (Å²) in [5.74, 6) is -1.80. The van der Waals surface area contributed by atoms with Crippen LogP contribution in [-0.2, 0) is 28.6 Å². The maximum atomic E-state index is 12.7. The number of allylic oxidation sites excluding steroid dienone is 6. The molecule has 2 atom stereocenters. The largest absolute Gasteiger partial charge is 0.544 e. The third-order valence-corrected chi connectivity index (χ3v) is 9.78. The van der Waals surface area contributed by atoms with Crippen molar-refractivity contribution in [2.75, 3.05) is 41.0 Å². The normalized spacial score (nSPS) is 13.3. The van der Waals surface area contributed by atoms with Gasteiger partial charge in [0.15, 0.2) is 6.10 Å². The van der Waals surface area contributed by atoms with Crippen molar-refractivity contribution in [2.24, 2.45) is 0 Å². The zero-order valence-corrected chi connectivity index (χ0v) is 35.6. The van der Waals surface area contributed by atoms with E-state index in [1.807, 2.05) is 0 Å². The van der Waals surface area contributed by atoms with E-state index in [9.17, 15) is 19.5 Å². The summed E-state index contributed by atoms with van der Waals surface area (Å²) in [4.78, 5) is 36.8. The highest BCUT2D eigenvalue weighted by Gasteiger charge is 2.25. The fourth-order valence-electron chi connectivity index (χ4n) is 6.32. The van der Waals surface area contributed by atoms with E-state index in [4.69, 9.17) is 14.2 Å². The van der Waals surface area contributed by atoms with Gasteiger partial charge in [-0.05, 0) is 44.9 Å². The molecule has 0 heterocycles. The number of carbonyl (C=O) groups excluding carboxylic acids is 3. The van der Waals surface area contributed by atoms with Gasteiger partial charge in [0.05, 0.1) is 40.3 Å². The first-order chi connectivity index (χ1) is 26.1. The molecular weight excluding hydrogens is 679 g/mol. The number of unbranched alkanes of at least 4 members (excludes halogenated alkanes) is 19. The number of likely N-dealkylation sites (N-methyl/N-ethyl adjacent to an activating group) is 1. The second-order valence-corrected chi connectivity index (χ2v) is 15.9. The first kappa shape index (κ1) is 51.5. The molecule has 8 heteroatoms. The van der Waals surface area contributed by atoms with Gasteiger partial charge < -0.3 is 28.6 Å². The Hall–Kier alpha value is -2.45. The number of esters is 2. The molecule has 0 bridgehead atoms. The van der Waals surface area contributed by atoms with Crippen LogP contribution in [0.5, 0.6) is 0 Å². The third-order valence-electron chi connectivity index (χ3n) is 9.78. The summed E-state index contributed by atoms with van der Waals surface area (Å²) in [6.45, 7) is 4.60. The molecule has 0 amide bonds. The molecule has 0 aromatic rings. The molecule has 0 N–H and O–H groups in total. The maximum absolute atomic E-state index is 12.7. The van der Waals surface area contributed by atoms with Gasteiger partial charge in [0.2, 0.25) is 0 Å². The number of carboxylic acid groups (broad SMARTS) is 1. The number of carboxylic acids is 1. The second-order valence-electron chi connectivity index (χ2n) is 15.9. The van der Waals surface area contributed by atoms with E-state index in [0.29, 0.717) is 12.8 Å². The van der Waals surface area contributed by atoms with E-state index in [1.165, 1.54) is 109 Å². The molecule has 0 aliphatic rings. The van der Waals surface area contributed by atoms with Gasteiger partial charge in [-0.2, -0.15) is 0 Å². The summed E-state index contributed by atoms with van der Waals surface area (Å²) in [6, 6.07) is -0.730. The number of hydrogen-bond donors (Lipinski definition) is 0. The number of ether oxygens (including phenoxy) is 3. The molecule has 0 fully saturated rings. The zero-order chi connectivity index (χ0) is 40.0. The first-order valence-corrected chi connectivity index (χ1v) is 22.0. The van der Waals surface area contributed by atoms with Crippen LogP contribution in [0.2, 0.25) is 0 Å². The maximum Gasteiger partial charge on any atom is 0.306 e. The van der Waals surface area contributed by atoms with Crippen molar-refractivity contribution in [3.63, 3.8) is 0 Å². The van der Waals surface area contributed by atoms with Crippen molar-refractivity contribution in [2.45, 2.75) is 199 Å². The molecule has 314 valence electrons. The quantitative estimate of drug-likeness (QED) is 0.0266. The molecule has 0 rings (SSSR count). The fraction of sp³-hybridized carbons (Fsp3) is 0.804. The topological polar surface area (TPSA) is 102 Å². The molecule has 2 unspecified atom stereocenters. The molecule has 54 heavy (non-hydrogen) atoms. The number of aliphatic carboxylic acids is 1. The SMILES string of the molecule is CCCCCCCC/C=C/C/C=C/C/C=C/CCCC(=O)OCC(COCCC(C(=O)[O-])[N+](C)(C)C)OC(=O)CCCCCCCCCCCCCCC. The third kappa shape index (κ3) is 35.3. The summed E-state index contributed by atoms with van der Waals surface area (Å²) in [5, 5.41) is 11.6. The Bertz CT molecular complexity index is 984. The van der Waals surface area contributed by atoms with E-state index >= 15 is 0 Å². The Kier molecular flexibility index (Phi) is 35.8. The van der Waals surface area contributed by atoms with Gasteiger partial charge in [-0.1, -0.05) is 159 Å². The summed E-state index contributed by atoms with van der Waals surface area (Å²) in [7, 11) is 5.39. The lowest BCUT2D eigenvalue weighted by atomic mass is 10.0. The second kappa shape index (κ2) is 37.5. The van der Waals surface area contributed by atoms with E-state index in [0.717, 1.165) is 38.5 Å². The zero-order valence-electron chi connectivity index (χ0n) is 35.6. The molecule has 0 spiro atoms. The molecular formula is C46H83NO7. The number of hydrogen-bond acceptors (Lipinski definition) is 7. The van der Waals surface area contributed by atoms with Gasteiger partial charge in [0.1, 0.15) is 12.6 Å². The minimum Gasteiger partial charge on any atom is -0.544 e. The minimum absolute atomic E-state index is 0.0275. The predicted octanol–water partition coefficient (Wildman–Crippen LogP) is 10.5. The van der Waals surface area contributed by atoms with E-state index in [1.54, 1.807) is 21.1 Å². The molecule has 0 aromatic heterocycles. The van der Waals surface area contributed by atoms with Crippen LogP contribution in [0.1, 0.15) is 187 Å². The summed E-state index contributed by atoms with van der Waals surface area (Å²) >= 11 is 0. The smallest absolute Gasteiger partial charge is 0.306 e. The van der Waals surface area contributed by atoms with Crippen LogP contribution in [0.3, 0.4) is 0 Å². The summed E-state index contributed by atoms with van der Waals surface area (Å²) < 4.78 is 17.1. The Morgan fingerprint density at radius 3 is 1.50 bits per heavy atom. The highest BCUT2D eigenvalue weighted by atomic mass is 16.6. The number of rotatable bonds is 39. The van der Waals surface area contributed by atoms with Gasteiger partial charge in [-0.3, -0.25) is 9.59 Å². The number of quaternary nitrogens is 1. The van der Waals surface area contributed by atoms with Crippen molar-refractivity contribution >= 4 is 17.9 Å². The molecule has 0 radical (unpaired) electrons. The lowest BCUT2D eigenvalue weighted by molar-refractivity contribution is -0.889. The van der Waals surface area contributed by atoms with Gasteiger partial charge in [0, 0.05) is 19.3 Å². The van der Waals surface area contributed by atoms with Crippen LogP contribution in [0.4, 0.5) is 0 Å². The fourth-order valence-corrected chi connectivity index (χ4v) is 6.32. The average Bonchev–Trinajstić information content (AvgIpc) is 3.12. The Balaban J connectivity index is 4.42. The van der Waals surface area contributed by atoms with Gasteiger partial charge in [-0.15, -0.1) is 0 Å². The van der Waals surface area contributed by atoms with Crippen molar-refractivity contribution < 1.29 is 38.2 Å². The Morgan fingerprint density at radius 2 is 1.00 bits per heavy atom. The van der Waals surface area contributed by atoms with E-state index in [-0.39, 0.29) is 49.1 Å². The van der Waals surface area contributed by atoms with Crippen molar-refractivity contribution in [1.29, 1.82) is 0 Å². The molecule has 0 aliphatic carbocycles. The molecule has 0 aromatic carbocycles. The van der Waals surface area contributed by atoms with E-state index < -0.39 is 18.1 Å². The van der Waals surface area contributed by atoms with Crippen LogP contribution < -0.4 is 5.11 Å². The lowest BCUT2D eigenvalue weighted by Gasteiger charge is -2.34. The van der Waals surface area contributed by atoms with Crippen LogP contribution >= 0.6 is 0 Å². The minimum atomic E-state index is -1.13. The number of carbonyl (C=O) groups is 3. The lowest BCUT2D eigenvalue weighted by Crippen LogP contribution is -2.55. The monoisotopic (exact) mass is 762 g/mol. The molecule has 8 nitrogen and oxygen atoms in total. The van der Waals surface area contributed by atoms with E-state index in [2.05, 4.69) is 50.3 Å². The molecule has 0 saturated heterocycles. The summed E-state index contributed by atoms with van der Waals surface area (Å²) in [6.07, 6.45) is 41.7. The Morgan fingerprint density at radius 1 is 0.556 bits per heavy atom. The van der Waals surface area contributed by atoms with Crippen LogP contribution in [0.25, 0.3) is 0 Å². The highest BCUT2D eigenvalue weighted by Crippen LogP contribution is 2.14. The Labute approximate surface area is 332 Å². The first-order valence-electron chi connectivity index (χ1n) is 22.0. The van der Waals surface area contributed by atoms with Gasteiger partial charge in [-0.25, -0.2) is 0 Å². The van der Waals surface area contributed by atoms with Crippen molar-refractivity contribution in [3.8, 4) is 0 Å². The van der Waals surface area contributed by atoms with Crippen LogP contribution in [-0.4, -0.2) is 75.5 Å². The number of nitrogens with zero attached hydrogens (tertiary/aromatic N) is 1. The van der Waals surface area contributed by atoms with Gasteiger partial charge >= 0.3 is 11.9 Å². The molecule has 0 aliphatic heterocycles. The highest BCUT2D eigenvalue weighted by molar-refractivity contribution is 5.70. The average molecular weight is 762 g/mol. The van der Waals surface area contributed by atoms with Crippen LogP contribution in [0.15, 0.2) is 36.5 Å². The predicted molar refractivity (Wildman–Crippen MR) is 222 cm³/mol. The van der Waals surface area contributed by atoms with Gasteiger partial charge in [0.25, 0.3) is 0 Å². The summed E-state index contributed by atoms with van der Waals surface area (Å²) in [5.41, 5.74) is 0. The van der Waals surface area contributed by atoms with Crippen LogP contribution in [0, 0.1) is 0 Å². The van der Waals surface area contributed by atoms with Crippen molar-refractivity contribution in [3.05, 3.63) is 36.5 Å². The van der Waals surface area contributed by atoms with Crippen molar-refractivity contribution in [1.82, 2.24) is 0 Å².